The summed E-state index contributed by atoms with van der Waals surface area (Å²) in [4.78, 5) is 49.4. The van der Waals surface area contributed by atoms with Gasteiger partial charge in [-0.2, -0.15) is 0 Å². The molecule has 41 heavy (non-hydrogen) atoms. The zero-order valence-electron chi connectivity index (χ0n) is 24.1. The van der Waals surface area contributed by atoms with Gasteiger partial charge in [0.15, 0.2) is 0 Å². The van der Waals surface area contributed by atoms with Crippen molar-refractivity contribution in [3.63, 3.8) is 0 Å². The van der Waals surface area contributed by atoms with Gasteiger partial charge in [0.1, 0.15) is 11.8 Å². The van der Waals surface area contributed by atoms with E-state index in [9.17, 15) is 14.4 Å². The molecule has 0 radical (unpaired) electrons. The zero-order chi connectivity index (χ0) is 28.8. The molecule has 5 rings (SSSR count). The minimum Gasteiger partial charge on any atom is -0.497 e. The first-order valence-corrected chi connectivity index (χ1v) is 14.6. The number of hydrogen-bond donors (Lipinski definition) is 1. The van der Waals surface area contributed by atoms with Gasteiger partial charge in [-0.25, -0.2) is 0 Å². The molecule has 10 heteroatoms. The fourth-order valence-electron chi connectivity index (χ4n) is 5.88. The maximum absolute atomic E-state index is 14.0. The number of nitrogens with zero attached hydrogens (tertiary/aromatic N) is 4. The van der Waals surface area contributed by atoms with Crippen LogP contribution in [0.1, 0.15) is 32.7 Å². The molecule has 0 spiro atoms. The van der Waals surface area contributed by atoms with Crippen molar-refractivity contribution in [2.45, 2.75) is 25.4 Å². The van der Waals surface area contributed by atoms with Gasteiger partial charge in [0.05, 0.1) is 26.4 Å². The van der Waals surface area contributed by atoms with Crippen LogP contribution < -0.4 is 10.1 Å². The third-order valence-corrected chi connectivity index (χ3v) is 8.35. The molecule has 0 saturated carbocycles. The van der Waals surface area contributed by atoms with Crippen LogP contribution in [0.15, 0.2) is 48.5 Å². The number of hydrogen-bond acceptors (Lipinski definition) is 7. The van der Waals surface area contributed by atoms with Crippen LogP contribution in [0.3, 0.4) is 0 Å². The second-order valence-electron chi connectivity index (χ2n) is 11.0. The number of benzene rings is 2. The number of likely N-dealkylation sites (tertiary alicyclic amines) is 1. The molecule has 3 aliphatic heterocycles. The third kappa shape index (κ3) is 6.89. The van der Waals surface area contributed by atoms with Gasteiger partial charge in [-0.1, -0.05) is 17.7 Å². The van der Waals surface area contributed by atoms with E-state index in [4.69, 9.17) is 9.47 Å². The molecule has 0 aliphatic carbocycles. The van der Waals surface area contributed by atoms with Gasteiger partial charge >= 0.3 is 0 Å². The van der Waals surface area contributed by atoms with Crippen molar-refractivity contribution in [3.8, 4) is 5.75 Å². The topological polar surface area (TPSA) is 94.7 Å². The van der Waals surface area contributed by atoms with Gasteiger partial charge in [0.2, 0.25) is 5.91 Å². The van der Waals surface area contributed by atoms with Crippen LogP contribution in [0.5, 0.6) is 5.75 Å². The molecule has 2 aromatic rings. The number of amides is 3. The van der Waals surface area contributed by atoms with E-state index in [1.165, 1.54) is 0 Å². The standard InChI is InChI=1S/C31H41N5O5/c1-23-3-5-24(6-4-23)30(38)36-22-26(21-28(36)31(39)34-13-11-32-12-14-34)35(16-15-33-17-19-41-20-18-33)29(37)25-7-9-27(40-2)10-8-25/h3-10,26,28,32H,11-22H2,1-2H3. The van der Waals surface area contributed by atoms with E-state index in [1.807, 2.05) is 41.0 Å². The summed E-state index contributed by atoms with van der Waals surface area (Å²) in [6.07, 6.45) is 0.408. The van der Waals surface area contributed by atoms with Crippen molar-refractivity contribution < 1.29 is 23.9 Å². The predicted molar refractivity (Wildman–Crippen MR) is 155 cm³/mol. The summed E-state index contributed by atoms with van der Waals surface area (Å²) in [7, 11) is 1.60. The highest BCUT2D eigenvalue weighted by molar-refractivity contribution is 5.99. The molecule has 1 N–H and O–H groups in total. The Morgan fingerprint density at radius 2 is 1.61 bits per heavy atom. The molecule has 10 nitrogen and oxygen atoms in total. The molecular formula is C31H41N5O5. The number of carbonyl (C=O) groups excluding carboxylic acids is 3. The number of piperazine rings is 1. The Morgan fingerprint density at radius 3 is 2.27 bits per heavy atom. The zero-order valence-corrected chi connectivity index (χ0v) is 24.1. The van der Waals surface area contributed by atoms with Gasteiger partial charge in [-0.05, 0) is 49.7 Å². The van der Waals surface area contributed by atoms with E-state index in [-0.39, 0.29) is 23.8 Å². The Bertz CT molecular complexity index is 1190. The van der Waals surface area contributed by atoms with Crippen molar-refractivity contribution in [2.24, 2.45) is 0 Å². The molecule has 2 aromatic carbocycles. The molecule has 2 atom stereocenters. The number of ether oxygens (including phenoxy) is 2. The van der Waals surface area contributed by atoms with Gasteiger partial charge in [0.25, 0.3) is 11.8 Å². The van der Waals surface area contributed by atoms with Gasteiger partial charge < -0.3 is 29.5 Å². The normalized spacial score (nSPS) is 21.5. The highest BCUT2D eigenvalue weighted by Crippen LogP contribution is 2.28. The summed E-state index contributed by atoms with van der Waals surface area (Å²) in [5, 5.41) is 3.29. The number of methoxy groups -OCH3 is 1. The first kappa shape index (κ1) is 29.0. The number of nitrogens with one attached hydrogen (secondary N) is 1. The van der Waals surface area contributed by atoms with Crippen LogP contribution in [0, 0.1) is 6.92 Å². The maximum atomic E-state index is 14.0. The highest BCUT2D eigenvalue weighted by Gasteiger charge is 2.45. The lowest BCUT2D eigenvalue weighted by Crippen LogP contribution is -2.53. The summed E-state index contributed by atoms with van der Waals surface area (Å²) in [6.45, 7) is 9.15. The minimum absolute atomic E-state index is 0.0421. The number of morpholine rings is 1. The molecule has 3 amide bonds. The monoisotopic (exact) mass is 563 g/mol. The summed E-state index contributed by atoms with van der Waals surface area (Å²) in [5.74, 6) is 0.355. The molecule has 3 aliphatic rings. The van der Waals surface area contributed by atoms with Gasteiger partial charge in [-0.15, -0.1) is 0 Å². The van der Waals surface area contributed by atoms with Gasteiger partial charge in [0, 0.05) is 70.0 Å². The van der Waals surface area contributed by atoms with Crippen molar-refractivity contribution in [1.82, 2.24) is 24.9 Å². The minimum atomic E-state index is -0.624. The summed E-state index contributed by atoms with van der Waals surface area (Å²) in [5.41, 5.74) is 2.17. The Hall–Kier alpha value is -3.47. The van der Waals surface area contributed by atoms with Crippen molar-refractivity contribution in [2.75, 3.05) is 79.2 Å². The lowest BCUT2D eigenvalue weighted by atomic mass is 10.1. The molecule has 2 unspecified atom stereocenters. The van der Waals surface area contributed by atoms with E-state index < -0.39 is 6.04 Å². The molecular weight excluding hydrogens is 522 g/mol. The molecule has 3 saturated heterocycles. The van der Waals surface area contributed by atoms with Crippen molar-refractivity contribution in [3.05, 3.63) is 65.2 Å². The molecule has 0 aromatic heterocycles. The van der Waals surface area contributed by atoms with E-state index in [0.29, 0.717) is 69.2 Å². The third-order valence-electron chi connectivity index (χ3n) is 8.35. The van der Waals surface area contributed by atoms with E-state index in [2.05, 4.69) is 10.2 Å². The quantitative estimate of drug-likeness (QED) is 0.520. The summed E-state index contributed by atoms with van der Waals surface area (Å²) >= 11 is 0. The van der Waals surface area contributed by atoms with Crippen LogP contribution in [0.2, 0.25) is 0 Å². The van der Waals surface area contributed by atoms with Crippen LogP contribution in [-0.4, -0.2) is 129 Å². The van der Waals surface area contributed by atoms with Crippen LogP contribution in [-0.2, 0) is 9.53 Å². The molecule has 3 fully saturated rings. The summed E-state index contributed by atoms with van der Waals surface area (Å²) in [6, 6.07) is 13.7. The van der Waals surface area contributed by atoms with Crippen LogP contribution in [0.4, 0.5) is 0 Å². The van der Waals surface area contributed by atoms with Crippen LogP contribution >= 0.6 is 0 Å². The predicted octanol–water partition coefficient (Wildman–Crippen LogP) is 1.49. The smallest absolute Gasteiger partial charge is 0.254 e. The lowest BCUT2D eigenvalue weighted by molar-refractivity contribution is -0.135. The van der Waals surface area contributed by atoms with Crippen LogP contribution in [0.25, 0.3) is 0 Å². The highest BCUT2D eigenvalue weighted by atomic mass is 16.5. The van der Waals surface area contributed by atoms with Crippen molar-refractivity contribution >= 4 is 17.7 Å². The Morgan fingerprint density at radius 1 is 0.951 bits per heavy atom. The lowest BCUT2D eigenvalue weighted by Gasteiger charge is -2.33. The maximum Gasteiger partial charge on any atom is 0.254 e. The largest absolute Gasteiger partial charge is 0.497 e. The second kappa shape index (κ2) is 13.5. The summed E-state index contributed by atoms with van der Waals surface area (Å²) < 4.78 is 10.8. The first-order valence-electron chi connectivity index (χ1n) is 14.6. The van der Waals surface area contributed by atoms with Gasteiger partial charge in [-0.3, -0.25) is 19.3 Å². The average Bonchev–Trinajstić information content (AvgIpc) is 3.47. The number of carbonyl (C=O) groups is 3. The SMILES string of the molecule is COc1ccc(C(=O)N(CCN2CCOCC2)C2CC(C(=O)N3CCNCC3)N(C(=O)c3ccc(C)cc3)C2)cc1. The van der Waals surface area contributed by atoms with E-state index in [0.717, 1.165) is 31.7 Å². The Labute approximate surface area is 242 Å². The van der Waals surface area contributed by atoms with E-state index in [1.54, 1.807) is 36.3 Å². The first-order chi connectivity index (χ1) is 19.9. The van der Waals surface area contributed by atoms with Crippen molar-refractivity contribution in [1.29, 1.82) is 0 Å². The number of aryl methyl sites for hydroxylation is 1. The van der Waals surface area contributed by atoms with E-state index >= 15 is 0 Å². The average molecular weight is 564 g/mol. The molecule has 3 heterocycles. The fraction of sp³-hybridized carbons (Fsp3) is 0.516. The Kier molecular flexibility index (Phi) is 9.53. The molecule has 220 valence electrons. The fourth-order valence-corrected chi connectivity index (χ4v) is 5.88. The Balaban J connectivity index is 1.42. The molecule has 0 bridgehead atoms. The second-order valence-corrected chi connectivity index (χ2v) is 11.0. The number of rotatable bonds is 8.